The van der Waals surface area contributed by atoms with Crippen molar-refractivity contribution in [3.8, 4) is 0 Å². The summed E-state index contributed by atoms with van der Waals surface area (Å²) in [5, 5.41) is 2.73. The van der Waals surface area contributed by atoms with Crippen LogP contribution in [0.15, 0.2) is 0 Å². The van der Waals surface area contributed by atoms with Crippen LogP contribution < -0.4 is 5.32 Å². The Kier molecular flexibility index (Phi) is 6.02. The van der Waals surface area contributed by atoms with Gasteiger partial charge in [0.1, 0.15) is 0 Å². The van der Waals surface area contributed by atoms with Crippen molar-refractivity contribution in [2.45, 2.75) is 59.9 Å². The Labute approximate surface area is 116 Å². The van der Waals surface area contributed by atoms with Crippen LogP contribution in [-0.2, 0) is 14.9 Å². The molecule has 19 heavy (non-hydrogen) atoms. The van der Waals surface area contributed by atoms with Gasteiger partial charge in [-0.2, -0.15) is 8.42 Å². The third-order valence-corrected chi connectivity index (χ3v) is 4.03. The molecule has 5 nitrogen and oxygen atoms in total. The van der Waals surface area contributed by atoms with Crippen LogP contribution in [0, 0.1) is 11.3 Å². The van der Waals surface area contributed by atoms with Gasteiger partial charge in [-0.05, 0) is 25.7 Å². The van der Waals surface area contributed by atoms with Crippen molar-refractivity contribution < 1.29 is 17.8 Å². The number of nitrogens with one attached hydrogen (secondary N) is 1. The highest BCUT2D eigenvalue weighted by molar-refractivity contribution is 7.85. The van der Waals surface area contributed by atoms with Gasteiger partial charge in [-0.3, -0.25) is 9.35 Å². The fourth-order valence-corrected chi connectivity index (χ4v) is 3.14. The molecule has 0 fully saturated rings. The van der Waals surface area contributed by atoms with Crippen molar-refractivity contribution >= 4 is 16.0 Å². The van der Waals surface area contributed by atoms with Crippen molar-refractivity contribution in [3.05, 3.63) is 0 Å². The molecule has 0 heterocycles. The van der Waals surface area contributed by atoms with Gasteiger partial charge in [-0.25, -0.2) is 0 Å². The molecule has 0 aliphatic rings. The zero-order chi connectivity index (χ0) is 15.5. The van der Waals surface area contributed by atoms with E-state index in [0.29, 0.717) is 0 Å². The molecule has 1 unspecified atom stereocenters. The van der Waals surface area contributed by atoms with Gasteiger partial charge in [0.05, 0.1) is 11.3 Å². The summed E-state index contributed by atoms with van der Waals surface area (Å²) in [4.78, 5) is 12.3. The van der Waals surface area contributed by atoms with E-state index in [1.54, 1.807) is 13.8 Å². The molecule has 2 N–H and O–H groups in total. The molecule has 6 heteroatoms. The van der Waals surface area contributed by atoms with Crippen LogP contribution in [0.2, 0.25) is 0 Å². The predicted octanol–water partition coefficient (Wildman–Crippen LogP) is 2.23. The highest BCUT2D eigenvalue weighted by atomic mass is 32.2. The van der Waals surface area contributed by atoms with Crippen LogP contribution in [0.4, 0.5) is 0 Å². The maximum absolute atomic E-state index is 12.3. The summed E-state index contributed by atoms with van der Waals surface area (Å²) in [6, 6.07) is 0. The highest BCUT2D eigenvalue weighted by Crippen LogP contribution is 2.30. The average molecular weight is 293 g/mol. The molecular weight excluding hydrogens is 266 g/mol. The first-order valence-electron chi connectivity index (χ1n) is 6.55. The lowest BCUT2D eigenvalue weighted by Crippen LogP contribution is -2.52. The molecule has 0 saturated carbocycles. The monoisotopic (exact) mass is 293 g/mol. The lowest BCUT2D eigenvalue weighted by Gasteiger charge is -2.33. The predicted molar refractivity (Wildman–Crippen MR) is 76.5 cm³/mol. The van der Waals surface area contributed by atoms with Crippen LogP contribution in [-0.4, -0.2) is 30.2 Å². The van der Waals surface area contributed by atoms with Crippen LogP contribution in [0.1, 0.15) is 54.4 Å². The molecule has 0 aliphatic heterocycles. The Bertz CT molecular complexity index is 407. The Hall–Kier alpha value is -0.620. The molecule has 0 saturated heterocycles. The maximum atomic E-state index is 12.3. The average Bonchev–Trinajstić information content (AvgIpc) is 2.06. The van der Waals surface area contributed by atoms with Crippen molar-refractivity contribution in [1.29, 1.82) is 0 Å². The maximum Gasteiger partial charge on any atom is 0.267 e. The molecule has 1 amide bonds. The molecule has 0 aromatic carbocycles. The van der Waals surface area contributed by atoms with E-state index in [4.69, 9.17) is 4.55 Å². The van der Waals surface area contributed by atoms with Gasteiger partial charge >= 0.3 is 0 Å². The van der Waals surface area contributed by atoms with Crippen molar-refractivity contribution in [3.63, 3.8) is 0 Å². The second-order valence-corrected chi connectivity index (χ2v) is 8.26. The number of rotatable bonds is 6. The Morgan fingerprint density at radius 3 is 2.00 bits per heavy atom. The summed E-state index contributed by atoms with van der Waals surface area (Å²) in [5.74, 6) is -0.837. The number of hydrogen-bond donors (Lipinski definition) is 2. The molecule has 0 spiro atoms. The minimum Gasteiger partial charge on any atom is -0.350 e. The smallest absolute Gasteiger partial charge is 0.267 e. The van der Waals surface area contributed by atoms with E-state index in [1.165, 1.54) is 0 Å². The fourth-order valence-electron chi connectivity index (χ4n) is 2.16. The van der Waals surface area contributed by atoms with E-state index < -0.39 is 21.4 Å². The van der Waals surface area contributed by atoms with Crippen LogP contribution in [0.3, 0.4) is 0 Å². The second kappa shape index (κ2) is 6.22. The summed E-state index contributed by atoms with van der Waals surface area (Å²) in [7, 11) is -4.12. The van der Waals surface area contributed by atoms with Crippen LogP contribution in [0.5, 0.6) is 0 Å². The largest absolute Gasteiger partial charge is 0.350 e. The first-order valence-corrected chi connectivity index (χ1v) is 8.16. The summed E-state index contributed by atoms with van der Waals surface area (Å²) in [6.07, 6.45) is 1.63. The summed E-state index contributed by atoms with van der Waals surface area (Å²) >= 11 is 0. The van der Waals surface area contributed by atoms with Gasteiger partial charge in [0.2, 0.25) is 5.91 Å². The zero-order valence-corrected chi connectivity index (χ0v) is 13.6. The number of carbonyl (C=O) groups is 1. The Balaban J connectivity index is 4.91. The second-order valence-electron chi connectivity index (χ2n) is 6.81. The summed E-state index contributed by atoms with van der Waals surface area (Å²) in [6.45, 7) is 11.2. The van der Waals surface area contributed by atoms with Crippen molar-refractivity contribution in [2.75, 3.05) is 5.75 Å². The summed E-state index contributed by atoms with van der Waals surface area (Å²) < 4.78 is 30.7. The molecule has 0 aliphatic carbocycles. The van der Waals surface area contributed by atoms with Crippen LogP contribution >= 0.6 is 0 Å². The molecule has 0 aromatic heterocycles. The van der Waals surface area contributed by atoms with E-state index in [2.05, 4.69) is 5.32 Å². The molecule has 0 rings (SSSR count). The third-order valence-electron chi connectivity index (χ3n) is 2.94. The van der Waals surface area contributed by atoms with Gasteiger partial charge in [0.25, 0.3) is 10.1 Å². The lowest BCUT2D eigenvalue weighted by atomic mass is 9.77. The van der Waals surface area contributed by atoms with Gasteiger partial charge in [-0.1, -0.05) is 34.1 Å². The van der Waals surface area contributed by atoms with Gasteiger partial charge in [0, 0.05) is 5.92 Å². The first kappa shape index (κ1) is 18.4. The normalized spacial score (nSPS) is 15.1. The topological polar surface area (TPSA) is 83.5 Å². The van der Waals surface area contributed by atoms with Gasteiger partial charge < -0.3 is 5.32 Å². The van der Waals surface area contributed by atoms with Crippen LogP contribution in [0.25, 0.3) is 0 Å². The Morgan fingerprint density at radius 1 is 1.21 bits per heavy atom. The van der Waals surface area contributed by atoms with E-state index in [9.17, 15) is 13.2 Å². The van der Waals surface area contributed by atoms with E-state index >= 15 is 0 Å². The van der Waals surface area contributed by atoms with Gasteiger partial charge in [0.15, 0.2) is 0 Å². The quantitative estimate of drug-likeness (QED) is 0.736. The molecule has 0 bridgehead atoms. The standard InChI is InChI=1S/C13H27NO4S/c1-7-8-10(12(2,3)4)11(15)14-13(5,6)9-19(16,17)18/h10H,7-9H2,1-6H3,(H,14,15)(H,16,17,18). The minimum absolute atomic E-state index is 0.164. The molecule has 114 valence electrons. The lowest BCUT2D eigenvalue weighted by molar-refractivity contribution is -0.130. The number of carbonyl (C=O) groups excluding carboxylic acids is 1. The summed E-state index contributed by atoms with van der Waals surface area (Å²) in [5.41, 5.74) is -1.17. The van der Waals surface area contributed by atoms with E-state index in [-0.39, 0.29) is 17.2 Å². The molecular formula is C13H27NO4S. The third kappa shape index (κ3) is 7.52. The van der Waals surface area contributed by atoms with Gasteiger partial charge in [-0.15, -0.1) is 0 Å². The highest BCUT2D eigenvalue weighted by Gasteiger charge is 2.34. The molecule has 0 radical (unpaired) electrons. The van der Waals surface area contributed by atoms with Crippen molar-refractivity contribution in [1.82, 2.24) is 5.32 Å². The minimum atomic E-state index is -4.12. The number of amides is 1. The van der Waals surface area contributed by atoms with Crippen molar-refractivity contribution in [2.24, 2.45) is 11.3 Å². The molecule has 1 atom stereocenters. The van der Waals surface area contributed by atoms with E-state index in [1.807, 2.05) is 27.7 Å². The molecule has 0 aromatic rings. The SMILES string of the molecule is CCCC(C(=O)NC(C)(C)CS(=O)(=O)O)C(C)(C)C. The zero-order valence-electron chi connectivity index (χ0n) is 12.8. The fraction of sp³-hybridized carbons (Fsp3) is 0.923. The first-order chi connectivity index (χ1) is 8.28. The number of hydrogen-bond acceptors (Lipinski definition) is 3. The van der Waals surface area contributed by atoms with E-state index in [0.717, 1.165) is 12.8 Å². The Morgan fingerprint density at radius 2 is 1.68 bits per heavy atom.